The van der Waals surface area contributed by atoms with Crippen LogP contribution in [0.2, 0.25) is 0 Å². The molecule has 0 aliphatic carbocycles. The van der Waals surface area contributed by atoms with Crippen LogP contribution in [0.4, 0.5) is 0 Å². The Morgan fingerprint density at radius 3 is 2.76 bits per heavy atom. The van der Waals surface area contributed by atoms with E-state index in [1.165, 1.54) is 5.56 Å². The first kappa shape index (κ1) is 17.3. The smallest absolute Gasteiger partial charge is 0.255 e. The zero-order valence-electron chi connectivity index (χ0n) is 14.7. The molecule has 1 atom stereocenters. The average molecular weight is 340 g/mol. The Hall–Kier alpha value is -2.53. The number of likely N-dealkylation sites (N-methyl/N-ethyl adjacent to an activating group) is 1. The zero-order chi connectivity index (χ0) is 17.6. The highest BCUT2D eigenvalue weighted by Gasteiger charge is 2.23. The molecule has 1 aliphatic heterocycles. The van der Waals surface area contributed by atoms with E-state index in [4.69, 9.17) is 9.47 Å². The van der Waals surface area contributed by atoms with E-state index in [0.717, 1.165) is 18.7 Å². The molecule has 2 aromatic carbocycles. The van der Waals surface area contributed by atoms with Crippen molar-refractivity contribution in [3.8, 4) is 11.5 Å². The van der Waals surface area contributed by atoms with Crippen LogP contribution in [0.3, 0.4) is 0 Å². The first-order valence-electron chi connectivity index (χ1n) is 8.53. The summed E-state index contributed by atoms with van der Waals surface area (Å²) in [5.74, 6) is 1.38. The van der Waals surface area contributed by atoms with Gasteiger partial charge in [-0.3, -0.25) is 4.79 Å². The summed E-state index contributed by atoms with van der Waals surface area (Å²) in [5, 5.41) is 2.96. The molecule has 1 heterocycles. The maximum absolute atomic E-state index is 12.5. The fraction of sp³-hybridized carbons (Fsp3) is 0.350. The number of benzene rings is 2. The molecule has 3 rings (SSSR count). The molecular formula is C20H24N2O3. The second kappa shape index (κ2) is 8.03. The quantitative estimate of drug-likeness (QED) is 0.841. The minimum absolute atomic E-state index is 0.0248. The van der Waals surface area contributed by atoms with Crippen molar-refractivity contribution in [1.29, 1.82) is 0 Å². The molecule has 0 fully saturated rings. The summed E-state index contributed by atoms with van der Waals surface area (Å²) < 4.78 is 11.6. The third-order valence-electron chi connectivity index (χ3n) is 4.13. The fourth-order valence-electron chi connectivity index (χ4n) is 2.79. The summed E-state index contributed by atoms with van der Waals surface area (Å²) in [6, 6.07) is 15.3. The van der Waals surface area contributed by atoms with Crippen LogP contribution in [0.1, 0.15) is 15.9 Å². The number of hydrogen-bond donors (Lipinski definition) is 1. The number of carbonyl (C=O) groups is 1. The van der Waals surface area contributed by atoms with Crippen molar-refractivity contribution in [1.82, 2.24) is 10.2 Å². The molecule has 1 amide bonds. The van der Waals surface area contributed by atoms with Gasteiger partial charge in [-0.15, -0.1) is 0 Å². The lowest BCUT2D eigenvalue weighted by Crippen LogP contribution is -2.34. The number of amides is 1. The van der Waals surface area contributed by atoms with Gasteiger partial charge in [0, 0.05) is 13.0 Å². The number of hydrogen-bond acceptors (Lipinski definition) is 4. The Balaban J connectivity index is 1.55. The normalized spacial score (nSPS) is 15.6. The fourth-order valence-corrected chi connectivity index (χ4v) is 2.79. The van der Waals surface area contributed by atoms with Crippen molar-refractivity contribution in [3.63, 3.8) is 0 Å². The van der Waals surface area contributed by atoms with Crippen LogP contribution >= 0.6 is 0 Å². The van der Waals surface area contributed by atoms with Gasteiger partial charge < -0.3 is 19.7 Å². The second-order valence-corrected chi connectivity index (χ2v) is 6.41. The van der Waals surface area contributed by atoms with Gasteiger partial charge in [0.2, 0.25) is 0 Å². The molecule has 0 saturated heterocycles. The number of nitrogens with one attached hydrogen (secondary N) is 1. The maximum atomic E-state index is 12.5. The number of para-hydroxylation sites is 2. The molecular weight excluding hydrogens is 316 g/mol. The highest BCUT2D eigenvalue weighted by molar-refractivity contribution is 5.96. The molecule has 1 N–H and O–H groups in total. The Bertz CT molecular complexity index is 705. The van der Waals surface area contributed by atoms with Gasteiger partial charge in [-0.25, -0.2) is 0 Å². The molecule has 0 saturated carbocycles. The molecule has 0 radical (unpaired) electrons. The number of rotatable bonds is 7. The Labute approximate surface area is 148 Å². The van der Waals surface area contributed by atoms with Gasteiger partial charge in [0.25, 0.3) is 5.91 Å². The van der Waals surface area contributed by atoms with Crippen molar-refractivity contribution in [3.05, 3.63) is 59.7 Å². The summed E-state index contributed by atoms with van der Waals surface area (Å²) in [7, 11) is 3.98. The molecule has 1 aliphatic rings. The van der Waals surface area contributed by atoms with Crippen molar-refractivity contribution in [2.45, 2.75) is 12.5 Å². The molecule has 0 aromatic heterocycles. The van der Waals surface area contributed by atoms with Gasteiger partial charge in [-0.1, -0.05) is 30.3 Å². The third kappa shape index (κ3) is 4.51. The van der Waals surface area contributed by atoms with Crippen LogP contribution in [0.5, 0.6) is 11.5 Å². The number of fused-ring (bicyclic) bond motifs is 1. The van der Waals surface area contributed by atoms with Gasteiger partial charge in [-0.2, -0.15) is 0 Å². The van der Waals surface area contributed by atoms with Gasteiger partial charge in [0.05, 0.1) is 12.1 Å². The average Bonchev–Trinajstić information content (AvgIpc) is 3.03. The Morgan fingerprint density at radius 2 is 1.96 bits per heavy atom. The van der Waals surface area contributed by atoms with Gasteiger partial charge >= 0.3 is 0 Å². The molecule has 0 bridgehead atoms. The highest BCUT2D eigenvalue weighted by atomic mass is 16.5. The Kier molecular flexibility index (Phi) is 5.56. The SMILES string of the molecule is CN(C)CCOc1ccccc1C(=O)NC[C@@H]1Cc2ccccc2O1. The lowest BCUT2D eigenvalue weighted by atomic mass is 10.1. The standard InChI is InChI=1S/C20H24N2O3/c1-22(2)11-12-24-19-10-6-4-8-17(19)20(23)21-14-16-13-15-7-3-5-9-18(15)25-16/h3-10,16H,11-14H2,1-2H3,(H,21,23)/t16-/m0/s1. The van der Waals surface area contributed by atoms with Crippen LogP contribution < -0.4 is 14.8 Å². The van der Waals surface area contributed by atoms with E-state index in [1.54, 1.807) is 6.07 Å². The van der Waals surface area contributed by atoms with E-state index in [0.29, 0.717) is 24.5 Å². The molecule has 5 nitrogen and oxygen atoms in total. The zero-order valence-corrected chi connectivity index (χ0v) is 14.7. The third-order valence-corrected chi connectivity index (χ3v) is 4.13. The topological polar surface area (TPSA) is 50.8 Å². The highest BCUT2D eigenvalue weighted by Crippen LogP contribution is 2.27. The van der Waals surface area contributed by atoms with Crippen LogP contribution in [-0.4, -0.2) is 50.7 Å². The second-order valence-electron chi connectivity index (χ2n) is 6.41. The lowest BCUT2D eigenvalue weighted by molar-refractivity contribution is 0.0929. The van der Waals surface area contributed by atoms with Crippen molar-refractivity contribution in [2.24, 2.45) is 0 Å². The number of carbonyl (C=O) groups excluding carboxylic acids is 1. The van der Waals surface area contributed by atoms with E-state index in [2.05, 4.69) is 11.4 Å². The van der Waals surface area contributed by atoms with Crippen molar-refractivity contribution in [2.75, 3.05) is 33.8 Å². The van der Waals surface area contributed by atoms with Gasteiger partial charge in [0.1, 0.15) is 24.2 Å². The van der Waals surface area contributed by atoms with E-state index in [1.807, 2.05) is 55.4 Å². The molecule has 2 aromatic rings. The van der Waals surface area contributed by atoms with Crippen molar-refractivity contribution < 1.29 is 14.3 Å². The molecule has 132 valence electrons. The largest absolute Gasteiger partial charge is 0.491 e. The van der Waals surface area contributed by atoms with Crippen LogP contribution in [0, 0.1) is 0 Å². The van der Waals surface area contributed by atoms with Gasteiger partial charge in [-0.05, 0) is 37.9 Å². The first-order chi connectivity index (χ1) is 12.1. The van der Waals surface area contributed by atoms with E-state index in [9.17, 15) is 4.79 Å². The summed E-state index contributed by atoms with van der Waals surface area (Å²) in [6.07, 6.45) is 0.792. The summed E-state index contributed by atoms with van der Waals surface area (Å²) in [5.41, 5.74) is 1.74. The van der Waals surface area contributed by atoms with Crippen LogP contribution in [0.25, 0.3) is 0 Å². The number of ether oxygens (including phenoxy) is 2. The van der Waals surface area contributed by atoms with Gasteiger partial charge in [0.15, 0.2) is 0 Å². The molecule has 5 heteroatoms. The first-order valence-corrected chi connectivity index (χ1v) is 8.53. The van der Waals surface area contributed by atoms with Crippen molar-refractivity contribution >= 4 is 5.91 Å². The van der Waals surface area contributed by atoms with Crippen LogP contribution in [-0.2, 0) is 6.42 Å². The predicted molar refractivity (Wildman–Crippen MR) is 97.4 cm³/mol. The molecule has 0 unspecified atom stereocenters. The summed E-state index contributed by atoms with van der Waals surface area (Å²) in [6.45, 7) is 1.81. The van der Waals surface area contributed by atoms with E-state index >= 15 is 0 Å². The molecule has 0 spiro atoms. The minimum atomic E-state index is -0.139. The number of nitrogens with zero attached hydrogens (tertiary/aromatic N) is 1. The molecule has 25 heavy (non-hydrogen) atoms. The van der Waals surface area contributed by atoms with E-state index in [-0.39, 0.29) is 12.0 Å². The summed E-state index contributed by atoms with van der Waals surface area (Å²) in [4.78, 5) is 14.6. The summed E-state index contributed by atoms with van der Waals surface area (Å²) >= 11 is 0. The van der Waals surface area contributed by atoms with Crippen LogP contribution in [0.15, 0.2) is 48.5 Å². The monoisotopic (exact) mass is 340 g/mol. The Morgan fingerprint density at radius 1 is 1.20 bits per heavy atom. The maximum Gasteiger partial charge on any atom is 0.255 e. The van der Waals surface area contributed by atoms with E-state index < -0.39 is 0 Å². The minimum Gasteiger partial charge on any atom is -0.491 e. The predicted octanol–water partition coefficient (Wildman–Crippen LogP) is 2.36. The lowest BCUT2D eigenvalue weighted by Gasteiger charge is -2.15.